The second-order valence-corrected chi connectivity index (χ2v) is 4.95. The molecule has 0 saturated carbocycles. The molecule has 0 unspecified atom stereocenters. The number of hydrogen-bond acceptors (Lipinski definition) is 3. The number of thiophene rings is 1. The summed E-state index contributed by atoms with van der Waals surface area (Å²) in [6.45, 7) is 2.03. The average Bonchev–Trinajstić information content (AvgIpc) is 2.75. The number of aryl methyl sites for hydroxylation is 1. The van der Waals surface area contributed by atoms with Gasteiger partial charge in [0, 0.05) is 9.75 Å². The van der Waals surface area contributed by atoms with E-state index < -0.39 is 6.10 Å². The fraction of sp³-hybridized carbons (Fsp3) is 0.231. The van der Waals surface area contributed by atoms with Crippen molar-refractivity contribution in [2.75, 3.05) is 7.11 Å². The van der Waals surface area contributed by atoms with Gasteiger partial charge >= 0.3 is 0 Å². The maximum atomic E-state index is 10.2. The molecule has 0 spiro atoms. The van der Waals surface area contributed by atoms with Gasteiger partial charge in [0.25, 0.3) is 0 Å². The van der Waals surface area contributed by atoms with E-state index in [1.165, 1.54) is 4.88 Å². The highest BCUT2D eigenvalue weighted by Crippen LogP contribution is 2.29. The SMILES string of the molecule is COc1cccc([C@@H](O)c2ccc(C)s2)c1. The minimum atomic E-state index is -0.561. The van der Waals surface area contributed by atoms with E-state index in [0.29, 0.717) is 0 Å². The van der Waals surface area contributed by atoms with Gasteiger partial charge in [-0.05, 0) is 36.8 Å². The first-order valence-electron chi connectivity index (χ1n) is 5.09. The molecule has 1 heterocycles. The number of rotatable bonds is 3. The molecule has 0 aliphatic heterocycles. The third-order valence-corrected chi connectivity index (χ3v) is 3.49. The zero-order valence-electron chi connectivity index (χ0n) is 9.31. The molecule has 1 N–H and O–H groups in total. The molecule has 0 saturated heterocycles. The van der Waals surface area contributed by atoms with E-state index in [1.807, 2.05) is 43.3 Å². The summed E-state index contributed by atoms with van der Waals surface area (Å²) in [4.78, 5) is 2.17. The number of aliphatic hydroxyl groups excluding tert-OH is 1. The topological polar surface area (TPSA) is 29.5 Å². The fourth-order valence-corrected chi connectivity index (χ4v) is 2.47. The Kier molecular flexibility index (Phi) is 3.27. The largest absolute Gasteiger partial charge is 0.497 e. The maximum Gasteiger partial charge on any atom is 0.119 e. The fourth-order valence-electron chi connectivity index (χ4n) is 1.58. The van der Waals surface area contributed by atoms with Crippen LogP contribution in [-0.4, -0.2) is 12.2 Å². The Labute approximate surface area is 99.1 Å². The predicted molar refractivity (Wildman–Crippen MR) is 66.1 cm³/mol. The molecule has 0 aliphatic carbocycles. The Hall–Kier alpha value is -1.32. The number of aliphatic hydroxyl groups is 1. The number of ether oxygens (including phenoxy) is 1. The van der Waals surface area contributed by atoms with Gasteiger partial charge in [-0.25, -0.2) is 0 Å². The lowest BCUT2D eigenvalue weighted by molar-refractivity contribution is 0.223. The van der Waals surface area contributed by atoms with Crippen molar-refractivity contribution in [1.82, 2.24) is 0 Å². The van der Waals surface area contributed by atoms with Gasteiger partial charge in [0.1, 0.15) is 11.9 Å². The van der Waals surface area contributed by atoms with Crippen molar-refractivity contribution in [2.45, 2.75) is 13.0 Å². The third kappa shape index (κ3) is 2.26. The summed E-state index contributed by atoms with van der Waals surface area (Å²) in [5.41, 5.74) is 0.862. The number of methoxy groups -OCH3 is 1. The van der Waals surface area contributed by atoms with E-state index in [4.69, 9.17) is 4.74 Å². The smallest absolute Gasteiger partial charge is 0.119 e. The molecular weight excluding hydrogens is 220 g/mol. The van der Waals surface area contributed by atoms with Crippen LogP contribution in [-0.2, 0) is 0 Å². The Balaban J connectivity index is 2.29. The molecule has 0 radical (unpaired) electrons. The minimum Gasteiger partial charge on any atom is -0.497 e. The van der Waals surface area contributed by atoms with Crippen LogP contribution < -0.4 is 4.74 Å². The van der Waals surface area contributed by atoms with Gasteiger partial charge in [-0.2, -0.15) is 0 Å². The first kappa shape index (κ1) is 11.2. The van der Waals surface area contributed by atoms with Gasteiger partial charge in [-0.1, -0.05) is 12.1 Å². The zero-order chi connectivity index (χ0) is 11.5. The monoisotopic (exact) mass is 234 g/mol. The highest BCUT2D eigenvalue weighted by Gasteiger charge is 2.12. The molecule has 2 rings (SSSR count). The molecule has 0 amide bonds. The van der Waals surface area contributed by atoms with Crippen molar-refractivity contribution >= 4 is 11.3 Å². The van der Waals surface area contributed by atoms with Crippen LogP contribution in [0.25, 0.3) is 0 Å². The summed E-state index contributed by atoms with van der Waals surface area (Å²) in [7, 11) is 1.63. The van der Waals surface area contributed by atoms with Crippen LogP contribution in [0.4, 0.5) is 0 Å². The first-order chi connectivity index (χ1) is 7.70. The van der Waals surface area contributed by atoms with Gasteiger partial charge in [0.05, 0.1) is 7.11 Å². The van der Waals surface area contributed by atoms with Crippen molar-refractivity contribution < 1.29 is 9.84 Å². The first-order valence-corrected chi connectivity index (χ1v) is 5.90. The van der Waals surface area contributed by atoms with E-state index in [0.717, 1.165) is 16.2 Å². The molecule has 1 aromatic carbocycles. The minimum absolute atomic E-state index is 0.561. The van der Waals surface area contributed by atoms with E-state index in [2.05, 4.69) is 0 Å². The normalized spacial score (nSPS) is 12.4. The Bertz CT molecular complexity index is 476. The molecular formula is C13H14O2S. The molecule has 0 fully saturated rings. The van der Waals surface area contributed by atoms with Crippen LogP contribution in [0.3, 0.4) is 0 Å². The van der Waals surface area contributed by atoms with Crippen LogP contribution in [0.15, 0.2) is 36.4 Å². The summed E-state index contributed by atoms with van der Waals surface area (Å²) in [6.07, 6.45) is -0.561. The van der Waals surface area contributed by atoms with Crippen LogP contribution in [0.1, 0.15) is 21.4 Å². The average molecular weight is 234 g/mol. The molecule has 3 heteroatoms. The van der Waals surface area contributed by atoms with Crippen LogP contribution in [0.5, 0.6) is 5.75 Å². The summed E-state index contributed by atoms with van der Waals surface area (Å²) in [5, 5.41) is 10.2. The second-order valence-electron chi connectivity index (χ2n) is 3.63. The lowest BCUT2D eigenvalue weighted by Crippen LogP contribution is -1.97. The molecule has 84 valence electrons. The van der Waals surface area contributed by atoms with Gasteiger partial charge in [0.2, 0.25) is 0 Å². The predicted octanol–water partition coefficient (Wildman–Crippen LogP) is 3.15. The third-order valence-electron chi connectivity index (χ3n) is 2.44. The Morgan fingerprint density at radius 1 is 1.25 bits per heavy atom. The van der Waals surface area contributed by atoms with Crippen molar-refractivity contribution in [2.24, 2.45) is 0 Å². The van der Waals surface area contributed by atoms with Gasteiger partial charge in [0.15, 0.2) is 0 Å². The quantitative estimate of drug-likeness (QED) is 0.884. The zero-order valence-corrected chi connectivity index (χ0v) is 10.1. The van der Waals surface area contributed by atoms with E-state index in [9.17, 15) is 5.11 Å². The highest BCUT2D eigenvalue weighted by molar-refractivity contribution is 7.12. The van der Waals surface area contributed by atoms with Crippen LogP contribution in [0, 0.1) is 6.92 Å². The van der Waals surface area contributed by atoms with Crippen molar-refractivity contribution in [3.63, 3.8) is 0 Å². The summed E-state index contributed by atoms with van der Waals surface area (Å²) < 4.78 is 5.14. The number of benzene rings is 1. The molecule has 0 aliphatic rings. The number of hydrogen-bond donors (Lipinski definition) is 1. The molecule has 16 heavy (non-hydrogen) atoms. The van der Waals surface area contributed by atoms with Crippen molar-refractivity contribution in [3.05, 3.63) is 51.7 Å². The highest BCUT2D eigenvalue weighted by atomic mass is 32.1. The van der Waals surface area contributed by atoms with Crippen molar-refractivity contribution in [1.29, 1.82) is 0 Å². The molecule has 0 bridgehead atoms. The van der Waals surface area contributed by atoms with Gasteiger partial charge in [-0.3, -0.25) is 0 Å². The standard InChI is InChI=1S/C13H14O2S/c1-9-6-7-12(16-9)13(14)10-4-3-5-11(8-10)15-2/h3-8,13-14H,1-2H3/t13-/m1/s1. The van der Waals surface area contributed by atoms with Crippen molar-refractivity contribution in [3.8, 4) is 5.75 Å². The molecule has 1 aromatic heterocycles. The van der Waals surface area contributed by atoms with Crippen LogP contribution >= 0.6 is 11.3 Å². The van der Waals surface area contributed by atoms with E-state index in [1.54, 1.807) is 18.4 Å². The maximum absolute atomic E-state index is 10.2. The molecule has 1 atom stereocenters. The van der Waals surface area contributed by atoms with E-state index >= 15 is 0 Å². The van der Waals surface area contributed by atoms with E-state index in [-0.39, 0.29) is 0 Å². The second kappa shape index (κ2) is 4.68. The van der Waals surface area contributed by atoms with Crippen LogP contribution in [0.2, 0.25) is 0 Å². The molecule has 2 aromatic rings. The summed E-state index contributed by atoms with van der Waals surface area (Å²) >= 11 is 1.61. The lowest BCUT2D eigenvalue weighted by atomic mass is 10.1. The molecule has 2 nitrogen and oxygen atoms in total. The van der Waals surface area contributed by atoms with Gasteiger partial charge < -0.3 is 9.84 Å². The summed E-state index contributed by atoms with van der Waals surface area (Å²) in [5.74, 6) is 0.768. The Morgan fingerprint density at radius 3 is 2.69 bits per heavy atom. The summed E-state index contributed by atoms with van der Waals surface area (Å²) in [6, 6.07) is 11.5. The lowest BCUT2D eigenvalue weighted by Gasteiger charge is -2.10. The van der Waals surface area contributed by atoms with Gasteiger partial charge in [-0.15, -0.1) is 11.3 Å². The Morgan fingerprint density at radius 2 is 2.06 bits per heavy atom.